The van der Waals surface area contributed by atoms with Crippen LogP contribution in [0.15, 0.2) is 36.5 Å². The van der Waals surface area contributed by atoms with E-state index in [-0.39, 0.29) is 6.04 Å². The van der Waals surface area contributed by atoms with Crippen LogP contribution in [0.2, 0.25) is 0 Å². The van der Waals surface area contributed by atoms with Crippen molar-refractivity contribution in [2.75, 3.05) is 7.11 Å². The van der Waals surface area contributed by atoms with Crippen LogP contribution >= 0.6 is 0 Å². The molecule has 0 spiro atoms. The van der Waals surface area contributed by atoms with Crippen LogP contribution in [0.5, 0.6) is 5.88 Å². The van der Waals surface area contributed by atoms with Crippen LogP contribution in [0, 0.1) is 13.8 Å². The minimum Gasteiger partial charge on any atom is -0.481 e. The number of benzene rings is 1. The summed E-state index contributed by atoms with van der Waals surface area (Å²) < 4.78 is 5.05. The Hall–Kier alpha value is -1.87. The zero-order chi connectivity index (χ0) is 13.8. The molecular weight excluding hydrogens is 236 g/mol. The first-order chi connectivity index (χ1) is 9.10. The summed E-state index contributed by atoms with van der Waals surface area (Å²) in [6.45, 7) is 4.19. The van der Waals surface area contributed by atoms with E-state index in [4.69, 9.17) is 10.5 Å². The fourth-order valence-corrected chi connectivity index (χ4v) is 2.18. The van der Waals surface area contributed by atoms with Gasteiger partial charge < -0.3 is 10.5 Å². The molecule has 2 aromatic rings. The monoisotopic (exact) mass is 256 g/mol. The SMILES string of the molecule is COc1ccc(CC(N)c2cc(C)ccc2C)cn1. The molecule has 100 valence electrons. The minimum absolute atomic E-state index is 0.00454. The van der Waals surface area contributed by atoms with Crippen molar-refractivity contribution >= 4 is 0 Å². The lowest BCUT2D eigenvalue weighted by Gasteiger charge is -2.15. The lowest BCUT2D eigenvalue weighted by Crippen LogP contribution is -2.15. The Morgan fingerprint density at radius 2 is 2.00 bits per heavy atom. The predicted octanol–water partition coefficient (Wildman–Crippen LogP) is 2.95. The number of nitrogens with two attached hydrogens (primary N) is 1. The quantitative estimate of drug-likeness (QED) is 0.915. The molecular formula is C16H20N2O. The van der Waals surface area contributed by atoms with E-state index >= 15 is 0 Å². The molecule has 0 fully saturated rings. The topological polar surface area (TPSA) is 48.1 Å². The molecule has 1 atom stereocenters. The minimum atomic E-state index is -0.00454. The van der Waals surface area contributed by atoms with Gasteiger partial charge >= 0.3 is 0 Å². The van der Waals surface area contributed by atoms with Crippen molar-refractivity contribution in [2.24, 2.45) is 5.73 Å². The van der Waals surface area contributed by atoms with Gasteiger partial charge in [0.05, 0.1) is 7.11 Å². The van der Waals surface area contributed by atoms with E-state index in [1.165, 1.54) is 16.7 Å². The molecule has 0 aliphatic heterocycles. The Kier molecular flexibility index (Phi) is 4.17. The summed E-state index contributed by atoms with van der Waals surface area (Å²) in [6.07, 6.45) is 2.60. The summed E-state index contributed by atoms with van der Waals surface area (Å²) in [5.41, 5.74) is 11.1. The molecule has 19 heavy (non-hydrogen) atoms. The molecule has 1 heterocycles. The van der Waals surface area contributed by atoms with Gasteiger partial charge in [0.15, 0.2) is 0 Å². The summed E-state index contributed by atoms with van der Waals surface area (Å²) in [4.78, 5) is 4.21. The van der Waals surface area contributed by atoms with Crippen LogP contribution in [0.1, 0.15) is 28.3 Å². The van der Waals surface area contributed by atoms with Gasteiger partial charge in [-0.25, -0.2) is 4.98 Å². The highest BCUT2D eigenvalue weighted by Gasteiger charge is 2.10. The second-order valence-corrected chi connectivity index (χ2v) is 4.88. The van der Waals surface area contributed by atoms with Gasteiger partial charge in [-0.3, -0.25) is 0 Å². The third kappa shape index (κ3) is 3.32. The molecule has 0 amide bonds. The number of nitrogens with zero attached hydrogens (tertiary/aromatic N) is 1. The molecule has 2 N–H and O–H groups in total. The highest BCUT2D eigenvalue weighted by molar-refractivity contribution is 5.34. The second-order valence-electron chi connectivity index (χ2n) is 4.88. The summed E-state index contributed by atoms with van der Waals surface area (Å²) in [5, 5.41) is 0. The van der Waals surface area contributed by atoms with E-state index in [1.54, 1.807) is 7.11 Å². The first kappa shape index (κ1) is 13.6. The Morgan fingerprint density at radius 3 is 2.63 bits per heavy atom. The number of pyridine rings is 1. The van der Waals surface area contributed by atoms with Crippen molar-refractivity contribution in [2.45, 2.75) is 26.3 Å². The van der Waals surface area contributed by atoms with Crippen molar-refractivity contribution in [3.05, 3.63) is 58.8 Å². The molecule has 0 aliphatic carbocycles. The second kappa shape index (κ2) is 5.85. The van der Waals surface area contributed by atoms with Gasteiger partial charge in [0.25, 0.3) is 0 Å². The van der Waals surface area contributed by atoms with Crippen LogP contribution in [0.4, 0.5) is 0 Å². The maximum Gasteiger partial charge on any atom is 0.212 e. The fourth-order valence-electron chi connectivity index (χ4n) is 2.18. The summed E-state index contributed by atoms with van der Waals surface area (Å²) in [6, 6.07) is 10.3. The lowest BCUT2D eigenvalue weighted by molar-refractivity contribution is 0.397. The van der Waals surface area contributed by atoms with E-state index in [1.807, 2.05) is 18.3 Å². The Morgan fingerprint density at radius 1 is 1.21 bits per heavy atom. The van der Waals surface area contributed by atoms with Gasteiger partial charge in [0.1, 0.15) is 0 Å². The Bertz CT molecular complexity index is 549. The van der Waals surface area contributed by atoms with Crippen molar-refractivity contribution in [1.29, 1.82) is 0 Å². The molecule has 0 radical (unpaired) electrons. The molecule has 1 aromatic heterocycles. The van der Waals surface area contributed by atoms with E-state index in [0.29, 0.717) is 5.88 Å². The maximum atomic E-state index is 6.31. The molecule has 0 saturated carbocycles. The van der Waals surface area contributed by atoms with Gasteiger partial charge in [-0.05, 0) is 37.0 Å². The van der Waals surface area contributed by atoms with Gasteiger partial charge in [0.2, 0.25) is 5.88 Å². The third-order valence-corrected chi connectivity index (χ3v) is 3.30. The standard InChI is InChI=1S/C16H20N2O/c1-11-4-5-12(2)14(8-11)15(17)9-13-6-7-16(19-3)18-10-13/h4-8,10,15H,9,17H2,1-3H3. The highest BCUT2D eigenvalue weighted by atomic mass is 16.5. The summed E-state index contributed by atoms with van der Waals surface area (Å²) >= 11 is 0. The van der Waals surface area contributed by atoms with Crippen molar-refractivity contribution in [3.63, 3.8) is 0 Å². The largest absolute Gasteiger partial charge is 0.481 e. The molecule has 2 rings (SSSR count). The van der Waals surface area contributed by atoms with Crippen molar-refractivity contribution < 1.29 is 4.74 Å². The Labute approximate surface area is 114 Å². The summed E-state index contributed by atoms with van der Waals surface area (Å²) in [7, 11) is 1.61. The van der Waals surface area contributed by atoms with Gasteiger partial charge in [-0.15, -0.1) is 0 Å². The fraction of sp³-hybridized carbons (Fsp3) is 0.312. The number of rotatable bonds is 4. The number of hydrogen-bond donors (Lipinski definition) is 1. The summed E-state index contributed by atoms with van der Waals surface area (Å²) in [5.74, 6) is 0.629. The van der Waals surface area contributed by atoms with Crippen LogP contribution < -0.4 is 10.5 Å². The normalized spacial score (nSPS) is 12.2. The molecule has 3 heteroatoms. The van der Waals surface area contributed by atoms with Gasteiger partial charge in [-0.1, -0.05) is 29.8 Å². The van der Waals surface area contributed by atoms with E-state index in [9.17, 15) is 0 Å². The first-order valence-corrected chi connectivity index (χ1v) is 6.42. The molecule has 0 bridgehead atoms. The number of hydrogen-bond acceptors (Lipinski definition) is 3. The van der Waals surface area contributed by atoms with Crippen LogP contribution in [0.25, 0.3) is 0 Å². The molecule has 3 nitrogen and oxygen atoms in total. The van der Waals surface area contributed by atoms with Crippen molar-refractivity contribution in [1.82, 2.24) is 4.98 Å². The molecule has 0 saturated heterocycles. The molecule has 1 aromatic carbocycles. The van der Waals surface area contributed by atoms with Gasteiger partial charge in [-0.2, -0.15) is 0 Å². The third-order valence-electron chi connectivity index (χ3n) is 3.30. The van der Waals surface area contributed by atoms with Crippen LogP contribution in [0.3, 0.4) is 0 Å². The Balaban J connectivity index is 2.15. The predicted molar refractivity (Wildman–Crippen MR) is 77.3 cm³/mol. The van der Waals surface area contributed by atoms with Crippen molar-refractivity contribution in [3.8, 4) is 5.88 Å². The molecule has 1 unspecified atom stereocenters. The number of aromatic nitrogens is 1. The molecule has 0 aliphatic rings. The lowest BCUT2D eigenvalue weighted by atomic mass is 9.95. The van der Waals surface area contributed by atoms with Crippen LogP contribution in [-0.4, -0.2) is 12.1 Å². The van der Waals surface area contributed by atoms with Gasteiger partial charge in [0, 0.05) is 18.3 Å². The van der Waals surface area contributed by atoms with Crippen LogP contribution in [-0.2, 0) is 6.42 Å². The average Bonchev–Trinajstić information content (AvgIpc) is 2.42. The smallest absolute Gasteiger partial charge is 0.212 e. The zero-order valence-corrected chi connectivity index (χ0v) is 11.7. The number of ether oxygens (including phenoxy) is 1. The number of methoxy groups -OCH3 is 1. The zero-order valence-electron chi connectivity index (χ0n) is 11.7. The van der Waals surface area contributed by atoms with E-state index in [2.05, 4.69) is 37.0 Å². The van der Waals surface area contributed by atoms with E-state index < -0.39 is 0 Å². The van der Waals surface area contributed by atoms with E-state index in [0.717, 1.165) is 12.0 Å². The number of aryl methyl sites for hydroxylation is 2. The maximum absolute atomic E-state index is 6.31. The first-order valence-electron chi connectivity index (χ1n) is 6.42. The average molecular weight is 256 g/mol. The highest BCUT2D eigenvalue weighted by Crippen LogP contribution is 2.21.